The number of carboxylic acids is 6. The molecule has 29 heavy (non-hydrogen) atoms. The fourth-order valence-corrected chi connectivity index (χ4v) is 1.37. The van der Waals surface area contributed by atoms with E-state index in [0.29, 0.717) is 0 Å². The maximum Gasteiger partial charge on any atom is 0.114 e. The Morgan fingerprint density at radius 1 is 0.483 bits per heavy atom. The first-order chi connectivity index (χ1) is 11.6. The van der Waals surface area contributed by atoms with Crippen LogP contribution in [0.2, 0.25) is 0 Å². The zero-order valence-electron chi connectivity index (χ0n) is 13.6. The molecule has 0 aliphatic heterocycles. The summed E-state index contributed by atoms with van der Waals surface area (Å²) in [5.74, 6) is -12.0. The van der Waals surface area contributed by atoms with Crippen LogP contribution in [-0.2, 0) is 79.1 Å². The number of rotatable bonds is 10. The third kappa shape index (κ3) is 16.9. The van der Waals surface area contributed by atoms with Crippen LogP contribution in [0.4, 0.5) is 0 Å². The third-order valence-electron chi connectivity index (χ3n) is 2.51. The summed E-state index contributed by atoms with van der Waals surface area (Å²) in [6.45, 7) is 0. The molecule has 0 unspecified atom stereocenters. The predicted molar refractivity (Wildman–Crippen MR) is 58.4 cm³/mol. The fourth-order valence-electron chi connectivity index (χ4n) is 1.37. The van der Waals surface area contributed by atoms with E-state index in [1.54, 1.807) is 0 Å². The monoisotopic (exact) mass is 555 g/mol. The quantitative estimate of drug-likeness (QED) is 0.253. The first kappa shape index (κ1) is 37.9. The van der Waals surface area contributed by atoms with Gasteiger partial charge in [-0.3, -0.25) is 0 Å². The average Bonchev–Trinajstić information content (AvgIpc) is 2.34. The Kier molecular flexibility index (Phi) is 21.1. The van der Waals surface area contributed by atoms with Crippen molar-refractivity contribution in [2.75, 3.05) is 0 Å². The number of hydrogen-bond acceptors (Lipinski definition) is 14. The minimum atomic E-state index is -2.97. The van der Waals surface area contributed by atoms with Crippen molar-refractivity contribution in [3.8, 4) is 0 Å². The van der Waals surface area contributed by atoms with Crippen molar-refractivity contribution in [2.24, 2.45) is 0 Å². The van der Waals surface area contributed by atoms with E-state index in [1.807, 2.05) is 0 Å². The largest absolute Gasteiger partial charge is 0.550 e. The Morgan fingerprint density at radius 2 is 0.621 bits per heavy atom. The molecule has 14 nitrogen and oxygen atoms in total. The molecule has 0 atom stereocenters. The number of carbonyl (C=O) groups is 6. The number of carbonyl (C=O) groups excluding carboxylic acids is 6. The Morgan fingerprint density at radius 3 is 0.690 bits per heavy atom. The van der Waals surface area contributed by atoms with E-state index in [0.717, 1.165) is 0 Å². The molecule has 3 radical (unpaired) electrons. The molecule has 0 spiro atoms. The van der Waals surface area contributed by atoms with Crippen molar-refractivity contribution < 1.29 is 120 Å². The zero-order chi connectivity index (χ0) is 21.3. The van der Waals surface area contributed by atoms with Crippen LogP contribution in [-0.4, -0.2) is 57.2 Å². The van der Waals surface area contributed by atoms with Crippen molar-refractivity contribution in [2.45, 2.75) is 36.9 Å². The van der Waals surface area contributed by atoms with Gasteiger partial charge in [-0.1, -0.05) is 0 Å². The molecule has 0 aromatic rings. The van der Waals surface area contributed by atoms with Gasteiger partial charge in [-0.15, -0.1) is 0 Å². The molecule has 2 N–H and O–H groups in total. The first-order valence-electron chi connectivity index (χ1n) is 6.23. The molecular weight excluding hydrogens is 545 g/mol. The fraction of sp³-hybridized carbons (Fsp3) is 0.500. The van der Waals surface area contributed by atoms with Crippen molar-refractivity contribution >= 4 is 35.8 Å². The smallest absolute Gasteiger partial charge is 0.114 e. The molecule has 0 aromatic carbocycles. The second-order valence-electron chi connectivity index (χ2n) is 4.83. The van der Waals surface area contributed by atoms with Gasteiger partial charge in [-0.05, 0) is 0 Å². The second-order valence-corrected chi connectivity index (χ2v) is 4.83. The van der Waals surface area contributed by atoms with E-state index in [4.69, 9.17) is 10.2 Å². The summed E-state index contributed by atoms with van der Waals surface area (Å²) in [6, 6.07) is 0. The summed E-state index contributed by atoms with van der Waals surface area (Å²) in [7, 11) is 0. The van der Waals surface area contributed by atoms with Gasteiger partial charge in [-0.25, -0.2) is 0 Å². The number of hydrogen-bond donors (Lipinski definition) is 2. The van der Waals surface area contributed by atoms with E-state index in [2.05, 4.69) is 0 Å². The topological polar surface area (TPSA) is 281 Å². The van der Waals surface area contributed by atoms with Crippen LogP contribution in [0.3, 0.4) is 0 Å². The Balaban J connectivity index is -0.000000120. The van der Waals surface area contributed by atoms with E-state index in [-0.39, 0.29) is 50.3 Å². The Hall–Kier alpha value is -1.74. The average molecular weight is 555 g/mol. The maximum absolute atomic E-state index is 10.1. The number of aliphatic carboxylic acids is 6. The number of aliphatic hydroxyl groups is 2. The van der Waals surface area contributed by atoms with Crippen LogP contribution < -0.4 is 30.6 Å². The van der Waals surface area contributed by atoms with E-state index in [9.17, 15) is 59.4 Å². The zero-order valence-corrected chi connectivity index (χ0v) is 16.7. The van der Waals surface area contributed by atoms with Gasteiger partial charge in [0, 0.05) is 99.9 Å². The van der Waals surface area contributed by atoms with E-state index < -0.39 is 72.7 Å². The van der Waals surface area contributed by atoms with Gasteiger partial charge in [-0.2, -0.15) is 0 Å². The summed E-state index contributed by atoms with van der Waals surface area (Å²) in [4.78, 5) is 60.0. The minimum Gasteiger partial charge on any atom is -0.550 e. The van der Waals surface area contributed by atoms with Crippen LogP contribution in [0, 0.1) is 0 Å². The van der Waals surface area contributed by atoms with Gasteiger partial charge in [0.2, 0.25) is 0 Å². The van der Waals surface area contributed by atoms with Crippen LogP contribution in [0.5, 0.6) is 0 Å². The van der Waals surface area contributed by atoms with Crippen LogP contribution in [0.15, 0.2) is 0 Å². The van der Waals surface area contributed by atoms with Crippen LogP contribution >= 0.6 is 0 Å². The molecule has 0 heterocycles. The van der Waals surface area contributed by atoms with E-state index in [1.165, 1.54) is 0 Å². The SMILES string of the molecule is O=C([O-])CC(O)(CC(=O)[O-])C(=O)[O-].O=C([O-])CC(O)(CC(=O)[O-])C(=O)[O-].[Co].[Co].[Co]. The molecule has 0 amide bonds. The van der Waals surface area contributed by atoms with Gasteiger partial charge >= 0.3 is 0 Å². The maximum atomic E-state index is 10.1. The van der Waals surface area contributed by atoms with Crippen molar-refractivity contribution in [1.29, 1.82) is 0 Å². The van der Waals surface area contributed by atoms with Crippen molar-refractivity contribution in [1.82, 2.24) is 0 Å². The van der Waals surface area contributed by atoms with Gasteiger partial charge in [0.05, 0.1) is 11.9 Å². The normalized spacial score (nSPS) is 9.72. The molecule has 0 rings (SSSR count). The third-order valence-corrected chi connectivity index (χ3v) is 2.51. The summed E-state index contributed by atoms with van der Waals surface area (Å²) < 4.78 is 0. The summed E-state index contributed by atoms with van der Waals surface area (Å²) in [5, 5.41) is 77.9. The second kappa shape index (κ2) is 16.1. The molecule has 0 fully saturated rings. The van der Waals surface area contributed by atoms with Crippen LogP contribution in [0.25, 0.3) is 0 Å². The molecule has 175 valence electrons. The van der Waals surface area contributed by atoms with Gasteiger partial charge < -0.3 is 69.6 Å². The molecule has 0 saturated carbocycles. The Labute approximate surface area is 192 Å². The van der Waals surface area contributed by atoms with Crippen LogP contribution in [0.1, 0.15) is 25.7 Å². The standard InChI is InChI=1S/2C6H8O7.3Co/c2*7-3(8)1-6(13,5(11)12)2-4(9)10;;;/h2*13H,1-2H2,(H,7,8)(H,9,10)(H,11,12);;;/p-6. The van der Waals surface area contributed by atoms with Crippen molar-refractivity contribution in [3.63, 3.8) is 0 Å². The summed E-state index contributed by atoms with van der Waals surface area (Å²) >= 11 is 0. The van der Waals surface area contributed by atoms with E-state index >= 15 is 0 Å². The van der Waals surface area contributed by atoms with Gasteiger partial charge in [0.1, 0.15) is 11.2 Å². The Bertz CT molecular complexity index is 521. The molecule has 17 heteroatoms. The van der Waals surface area contributed by atoms with Gasteiger partial charge in [0.25, 0.3) is 0 Å². The first-order valence-corrected chi connectivity index (χ1v) is 6.23. The minimum absolute atomic E-state index is 0. The molecule has 0 aliphatic rings. The molecule has 0 aliphatic carbocycles. The summed E-state index contributed by atoms with van der Waals surface area (Å²) in [6.07, 6.45) is -5.43. The molecule has 0 bridgehead atoms. The number of carboxylic acid groups (broad SMARTS) is 6. The summed E-state index contributed by atoms with van der Waals surface area (Å²) in [5.41, 5.74) is -5.95. The molecular formula is C12H10Co3O14-6. The molecule has 0 saturated heterocycles. The van der Waals surface area contributed by atoms with Gasteiger partial charge in [0.15, 0.2) is 0 Å². The molecule has 0 aromatic heterocycles. The van der Waals surface area contributed by atoms with Crippen molar-refractivity contribution in [3.05, 3.63) is 0 Å². The predicted octanol–water partition coefficient (Wildman–Crippen LogP) is -10.5.